The second-order valence-electron chi connectivity index (χ2n) is 6.51. The normalized spacial score (nSPS) is 13.9. The number of aromatic nitrogens is 4. The van der Waals surface area contributed by atoms with E-state index in [2.05, 4.69) is 20.4 Å². The van der Waals surface area contributed by atoms with Crippen molar-refractivity contribution in [1.82, 2.24) is 25.1 Å². The maximum atomic E-state index is 13.4. The lowest BCUT2D eigenvalue weighted by molar-refractivity contribution is -0.143. The summed E-state index contributed by atoms with van der Waals surface area (Å²) >= 11 is 0. The van der Waals surface area contributed by atoms with E-state index in [1.54, 1.807) is 36.0 Å². The number of hydrogen-bond donors (Lipinski definition) is 2. The van der Waals surface area contributed by atoms with Gasteiger partial charge in [0.05, 0.1) is 24.9 Å². The van der Waals surface area contributed by atoms with Crippen molar-refractivity contribution >= 4 is 22.5 Å². The number of methoxy groups -OCH3 is 1. The van der Waals surface area contributed by atoms with E-state index >= 15 is 0 Å². The molecule has 0 unspecified atom stereocenters. The van der Waals surface area contributed by atoms with E-state index in [0.29, 0.717) is 18.2 Å². The molecule has 1 amide bonds. The summed E-state index contributed by atoms with van der Waals surface area (Å²) in [5.41, 5.74) is 7.67. The number of fused-ring (bicyclic) bond motifs is 1. The van der Waals surface area contributed by atoms with Gasteiger partial charge in [-0.2, -0.15) is 13.9 Å². The number of carbonyl (C=O) groups is 1. The van der Waals surface area contributed by atoms with Crippen LogP contribution in [0.15, 0.2) is 36.8 Å². The molecule has 3 aromatic rings. The van der Waals surface area contributed by atoms with Gasteiger partial charge in [0, 0.05) is 36.0 Å². The molecule has 10 heteroatoms. The minimum Gasteiger partial charge on any atom is -0.467 e. The Morgan fingerprint density at radius 2 is 1.96 bits per heavy atom. The number of anilines is 1. The number of halogens is 2. The van der Waals surface area contributed by atoms with Crippen LogP contribution >= 0.6 is 0 Å². The highest BCUT2D eigenvalue weighted by Gasteiger charge is 2.35. The molecule has 0 saturated carbocycles. The van der Waals surface area contributed by atoms with Gasteiger partial charge in [0.2, 0.25) is 0 Å². The van der Waals surface area contributed by atoms with Crippen molar-refractivity contribution in [1.29, 1.82) is 0 Å². The van der Waals surface area contributed by atoms with E-state index < -0.39 is 23.9 Å². The molecule has 8 nitrogen and oxygen atoms in total. The Hall–Kier alpha value is -3.30. The summed E-state index contributed by atoms with van der Waals surface area (Å²) in [5, 5.41) is 7.51. The van der Waals surface area contributed by atoms with Gasteiger partial charge < -0.3 is 15.8 Å². The van der Waals surface area contributed by atoms with Crippen LogP contribution in [0.4, 0.5) is 14.5 Å². The van der Waals surface area contributed by atoms with Crippen molar-refractivity contribution in [2.45, 2.75) is 31.9 Å². The predicted octanol–water partition coefficient (Wildman–Crippen LogP) is 2.17. The van der Waals surface area contributed by atoms with E-state index in [-0.39, 0.29) is 6.01 Å². The lowest BCUT2D eigenvalue weighted by Gasteiger charge is -2.27. The molecule has 148 valence electrons. The van der Waals surface area contributed by atoms with Crippen LogP contribution in [0.5, 0.6) is 6.01 Å². The molecule has 0 spiro atoms. The van der Waals surface area contributed by atoms with Gasteiger partial charge >= 0.3 is 11.9 Å². The number of hydrogen-bond acceptors (Lipinski definition) is 6. The maximum absolute atomic E-state index is 13.4. The third-order valence-electron chi connectivity index (χ3n) is 4.29. The zero-order valence-electron chi connectivity index (χ0n) is 15.6. The average molecular weight is 390 g/mol. The number of nitrogens with zero attached hydrogens (tertiary/aromatic N) is 4. The van der Waals surface area contributed by atoms with E-state index in [1.807, 2.05) is 0 Å². The number of nitrogen functional groups attached to an aromatic ring is 1. The van der Waals surface area contributed by atoms with Crippen LogP contribution in [0.1, 0.15) is 25.5 Å². The summed E-state index contributed by atoms with van der Waals surface area (Å²) in [4.78, 5) is 20.0. The molecule has 0 aliphatic rings. The number of nitrogens with two attached hydrogens (primary N) is 1. The van der Waals surface area contributed by atoms with Gasteiger partial charge in [-0.3, -0.25) is 9.48 Å². The van der Waals surface area contributed by atoms with Crippen LogP contribution in [-0.2, 0) is 4.79 Å². The summed E-state index contributed by atoms with van der Waals surface area (Å²) < 4.78 is 33.4. The number of amides is 1. The van der Waals surface area contributed by atoms with Crippen LogP contribution < -0.4 is 15.8 Å². The van der Waals surface area contributed by atoms with Gasteiger partial charge in [0.15, 0.2) is 0 Å². The lowest BCUT2D eigenvalue weighted by atomic mass is 10.0. The molecule has 3 N–H and O–H groups in total. The van der Waals surface area contributed by atoms with E-state index in [4.69, 9.17) is 10.5 Å². The minimum atomic E-state index is -3.50. The Kier molecular flexibility index (Phi) is 5.12. The fourth-order valence-corrected chi connectivity index (χ4v) is 2.93. The maximum Gasteiger partial charge on any atom is 0.321 e. The molecule has 2 aromatic heterocycles. The Labute approximate surface area is 159 Å². The lowest BCUT2D eigenvalue weighted by Crippen LogP contribution is -2.46. The second kappa shape index (κ2) is 7.37. The largest absolute Gasteiger partial charge is 0.467 e. The number of benzene rings is 1. The van der Waals surface area contributed by atoms with Gasteiger partial charge in [-0.1, -0.05) is 0 Å². The van der Waals surface area contributed by atoms with Gasteiger partial charge in [-0.15, -0.1) is 0 Å². The first kappa shape index (κ1) is 19.5. The monoisotopic (exact) mass is 390 g/mol. The SMILES string of the molecule is COc1ncc([C@H]([C@H](C)NC(=O)C(C)(F)F)n2ncc3cc(N)ccc32)cn1. The first-order valence-electron chi connectivity index (χ1n) is 8.48. The average Bonchev–Trinajstić information content (AvgIpc) is 3.04. The van der Waals surface area contributed by atoms with Gasteiger partial charge in [-0.25, -0.2) is 9.97 Å². The molecule has 28 heavy (non-hydrogen) atoms. The summed E-state index contributed by atoms with van der Waals surface area (Å²) in [6.45, 7) is 2.16. The van der Waals surface area contributed by atoms with Gasteiger partial charge in [-0.05, 0) is 25.1 Å². The Morgan fingerprint density at radius 1 is 1.29 bits per heavy atom. The topological polar surface area (TPSA) is 108 Å². The molecule has 2 heterocycles. The Balaban J connectivity index is 2.06. The minimum absolute atomic E-state index is 0.164. The number of ether oxygens (including phenoxy) is 1. The Morgan fingerprint density at radius 3 is 2.57 bits per heavy atom. The third-order valence-corrected chi connectivity index (χ3v) is 4.29. The Bertz CT molecular complexity index is 984. The number of nitrogens with one attached hydrogen (secondary N) is 1. The van der Waals surface area contributed by atoms with Gasteiger partial charge in [0.1, 0.15) is 6.04 Å². The molecular weight excluding hydrogens is 370 g/mol. The highest BCUT2D eigenvalue weighted by atomic mass is 19.3. The molecule has 0 saturated heterocycles. The summed E-state index contributed by atoms with van der Waals surface area (Å²) in [6.07, 6.45) is 4.63. The molecule has 0 aliphatic heterocycles. The second-order valence-corrected chi connectivity index (χ2v) is 6.51. The van der Waals surface area contributed by atoms with Crippen molar-refractivity contribution < 1.29 is 18.3 Å². The number of carbonyl (C=O) groups excluding carboxylic acids is 1. The van der Waals surface area contributed by atoms with Gasteiger partial charge in [0.25, 0.3) is 5.91 Å². The van der Waals surface area contributed by atoms with Crippen LogP contribution in [0, 0.1) is 0 Å². The summed E-state index contributed by atoms with van der Waals surface area (Å²) in [5.74, 6) is -4.88. The van der Waals surface area contributed by atoms with Crippen molar-refractivity contribution in [2.75, 3.05) is 12.8 Å². The van der Waals surface area contributed by atoms with Crippen molar-refractivity contribution in [3.63, 3.8) is 0 Å². The smallest absolute Gasteiger partial charge is 0.321 e. The highest BCUT2D eigenvalue weighted by molar-refractivity contribution is 5.84. The molecule has 0 bridgehead atoms. The molecule has 1 aromatic carbocycles. The molecule has 0 aliphatic carbocycles. The summed E-state index contributed by atoms with van der Waals surface area (Å²) in [6, 6.07) is 4.03. The molecule has 0 radical (unpaired) electrons. The van der Waals surface area contributed by atoms with Crippen LogP contribution in [0.25, 0.3) is 10.9 Å². The molecule has 3 rings (SSSR count). The van der Waals surface area contributed by atoms with Crippen LogP contribution in [0.2, 0.25) is 0 Å². The zero-order valence-corrected chi connectivity index (χ0v) is 15.6. The standard InChI is InChI=1S/C18H20F2N6O2/c1-10(25-16(27)18(2,19)20)15(12-7-22-17(28-3)23-8-12)26-14-5-4-13(21)6-11(14)9-24-26/h4-10,15H,21H2,1-3H3,(H,25,27)/t10-,15-/m0/s1. The zero-order chi connectivity index (χ0) is 20.5. The fourth-order valence-electron chi connectivity index (χ4n) is 2.93. The van der Waals surface area contributed by atoms with Crippen LogP contribution in [0.3, 0.4) is 0 Å². The third kappa shape index (κ3) is 3.85. The summed E-state index contributed by atoms with van der Waals surface area (Å²) in [7, 11) is 1.43. The molecule has 2 atom stereocenters. The quantitative estimate of drug-likeness (QED) is 0.625. The van der Waals surface area contributed by atoms with Crippen molar-refractivity contribution in [3.8, 4) is 6.01 Å². The number of rotatable bonds is 6. The van der Waals surface area contributed by atoms with E-state index in [9.17, 15) is 13.6 Å². The first-order chi connectivity index (χ1) is 13.2. The predicted molar refractivity (Wildman–Crippen MR) is 99.1 cm³/mol. The van der Waals surface area contributed by atoms with Crippen LogP contribution in [-0.4, -0.2) is 44.7 Å². The fraction of sp³-hybridized carbons (Fsp3) is 0.333. The van der Waals surface area contributed by atoms with E-state index in [1.165, 1.54) is 19.5 Å². The molecule has 0 fully saturated rings. The van der Waals surface area contributed by atoms with Crippen molar-refractivity contribution in [3.05, 3.63) is 42.4 Å². The highest BCUT2D eigenvalue weighted by Crippen LogP contribution is 2.28. The molecular formula is C18H20F2N6O2. The first-order valence-corrected chi connectivity index (χ1v) is 8.48. The van der Waals surface area contributed by atoms with E-state index in [0.717, 1.165) is 10.9 Å². The van der Waals surface area contributed by atoms with Crippen molar-refractivity contribution in [2.24, 2.45) is 0 Å². The number of alkyl halides is 2.